The molecule has 2 aliphatic rings. The maximum atomic E-state index is 12.1. The number of nitrogens with one attached hydrogen (secondary N) is 3. The molecule has 2 rings (SSSR count). The highest BCUT2D eigenvalue weighted by atomic mass is 16.2. The summed E-state index contributed by atoms with van der Waals surface area (Å²) in [5.41, 5.74) is 0. The van der Waals surface area contributed by atoms with Crippen LogP contribution >= 0.6 is 0 Å². The van der Waals surface area contributed by atoms with Gasteiger partial charge in [0, 0.05) is 6.54 Å². The summed E-state index contributed by atoms with van der Waals surface area (Å²) in [6.07, 6.45) is 2.28. The van der Waals surface area contributed by atoms with Crippen LogP contribution in [0.3, 0.4) is 0 Å². The van der Waals surface area contributed by atoms with E-state index in [0.29, 0.717) is 13.0 Å². The zero-order chi connectivity index (χ0) is 14.5. The number of carbonyl (C=O) groups is 4. The molecule has 8 heteroatoms. The Morgan fingerprint density at radius 1 is 0.850 bits per heavy atom. The number of rotatable bonds is 0. The van der Waals surface area contributed by atoms with Gasteiger partial charge in [-0.2, -0.15) is 0 Å². The van der Waals surface area contributed by atoms with Gasteiger partial charge in [-0.25, -0.2) is 0 Å². The molecule has 2 heterocycles. The van der Waals surface area contributed by atoms with Crippen molar-refractivity contribution in [2.45, 2.75) is 25.3 Å². The first-order valence-electron chi connectivity index (χ1n) is 6.68. The molecule has 0 saturated carbocycles. The van der Waals surface area contributed by atoms with E-state index in [0.717, 1.165) is 12.8 Å². The second-order valence-corrected chi connectivity index (χ2v) is 4.87. The van der Waals surface area contributed by atoms with Crippen molar-refractivity contribution in [1.29, 1.82) is 0 Å². The molecule has 2 saturated heterocycles. The molecule has 1 atom stereocenters. The van der Waals surface area contributed by atoms with Crippen LogP contribution in [0.15, 0.2) is 0 Å². The van der Waals surface area contributed by atoms with Crippen molar-refractivity contribution in [3.05, 3.63) is 0 Å². The molecule has 0 aromatic heterocycles. The van der Waals surface area contributed by atoms with Crippen molar-refractivity contribution in [2.24, 2.45) is 0 Å². The molecule has 2 aliphatic heterocycles. The van der Waals surface area contributed by atoms with E-state index in [4.69, 9.17) is 0 Å². The van der Waals surface area contributed by atoms with E-state index in [2.05, 4.69) is 16.0 Å². The Kier molecular flexibility index (Phi) is 4.54. The first-order chi connectivity index (χ1) is 9.58. The van der Waals surface area contributed by atoms with Gasteiger partial charge in [-0.15, -0.1) is 0 Å². The SMILES string of the molecule is O=C1CNC(=O)CNC(=O)[C@H]2CCCCN2C(=O)CN1. The summed E-state index contributed by atoms with van der Waals surface area (Å²) in [6, 6.07) is -0.555. The van der Waals surface area contributed by atoms with Crippen LogP contribution in [-0.2, 0) is 19.2 Å². The van der Waals surface area contributed by atoms with E-state index >= 15 is 0 Å². The third-order valence-electron chi connectivity index (χ3n) is 3.43. The summed E-state index contributed by atoms with van der Waals surface area (Å²) < 4.78 is 0. The van der Waals surface area contributed by atoms with Gasteiger partial charge in [-0.05, 0) is 19.3 Å². The monoisotopic (exact) mass is 282 g/mol. The average molecular weight is 282 g/mol. The maximum absolute atomic E-state index is 12.1. The molecule has 0 bridgehead atoms. The van der Waals surface area contributed by atoms with Crippen molar-refractivity contribution in [3.8, 4) is 0 Å². The molecule has 0 spiro atoms. The Balaban J connectivity index is 2.11. The molecule has 2 fully saturated rings. The molecule has 8 nitrogen and oxygen atoms in total. The van der Waals surface area contributed by atoms with E-state index in [1.807, 2.05) is 0 Å². The normalized spacial score (nSPS) is 25.6. The van der Waals surface area contributed by atoms with E-state index in [-0.39, 0.29) is 31.4 Å². The molecule has 3 N–H and O–H groups in total. The quantitative estimate of drug-likeness (QED) is 0.465. The second-order valence-electron chi connectivity index (χ2n) is 4.87. The molecule has 20 heavy (non-hydrogen) atoms. The summed E-state index contributed by atoms with van der Waals surface area (Å²) in [5, 5.41) is 7.32. The first-order valence-corrected chi connectivity index (χ1v) is 6.68. The Bertz CT molecular complexity index is 397. The number of amides is 4. The van der Waals surface area contributed by atoms with E-state index in [1.165, 1.54) is 4.90 Å². The zero-order valence-electron chi connectivity index (χ0n) is 11.1. The minimum Gasteiger partial charge on any atom is -0.346 e. The lowest BCUT2D eigenvalue weighted by molar-refractivity contribution is -0.143. The van der Waals surface area contributed by atoms with E-state index in [9.17, 15) is 19.2 Å². The summed E-state index contributed by atoms with van der Waals surface area (Å²) in [5.74, 6) is -1.44. The molecule has 0 radical (unpaired) electrons. The minimum absolute atomic E-state index is 0.154. The zero-order valence-corrected chi connectivity index (χ0v) is 11.1. The van der Waals surface area contributed by atoms with Crippen molar-refractivity contribution < 1.29 is 19.2 Å². The highest BCUT2D eigenvalue weighted by Gasteiger charge is 2.32. The van der Waals surface area contributed by atoms with Crippen LogP contribution in [-0.4, -0.2) is 60.7 Å². The van der Waals surface area contributed by atoms with Gasteiger partial charge < -0.3 is 20.9 Å². The lowest BCUT2D eigenvalue weighted by Gasteiger charge is -2.35. The van der Waals surface area contributed by atoms with Gasteiger partial charge in [0.1, 0.15) is 6.04 Å². The van der Waals surface area contributed by atoms with Gasteiger partial charge in [0.25, 0.3) is 0 Å². The van der Waals surface area contributed by atoms with Gasteiger partial charge in [0.05, 0.1) is 19.6 Å². The number of fused-ring (bicyclic) bond motifs is 1. The first kappa shape index (κ1) is 14.3. The largest absolute Gasteiger partial charge is 0.346 e. The van der Waals surface area contributed by atoms with Crippen LogP contribution in [0, 0.1) is 0 Å². The molecule has 0 aromatic rings. The summed E-state index contributed by atoms with van der Waals surface area (Å²) >= 11 is 0. The Labute approximate surface area is 116 Å². The smallest absolute Gasteiger partial charge is 0.243 e. The molecular formula is C12H18N4O4. The number of hydrogen-bond donors (Lipinski definition) is 3. The number of carbonyl (C=O) groups excluding carboxylic acids is 4. The molecule has 110 valence electrons. The third-order valence-corrected chi connectivity index (χ3v) is 3.43. The van der Waals surface area contributed by atoms with Crippen molar-refractivity contribution in [2.75, 3.05) is 26.2 Å². The predicted octanol–water partition coefficient (Wildman–Crippen LogP) is -2.27. The number of hydrogen-bond acceptors (Lipinski definition) is 4. The Hall–Kier alpha value is -2.12. The molecule has 0 unspecified atom stereocenters. The summed E-state index contributed by atoms with van der Waals surface area (Å²) in [4.78, 5) is 48.5. The number of piperidine rings is 1. The van der Waals surface area contributed by atoms with Crippen molar-refractivity contribution >= 4 is 23.6 Å². The van der Waals surface area contributed by atoms with Crippen LogP contribution in [0.25, 0.3) is 0 Å². The van der Waals surface area contributed by atoms with Gasteiger partial charge in [0.2, 0.25) is 23.6 Å². The van der Waals surface area contributed by atoms with Crippen LogP contribution in [0.2, 0.25) is 0 Å². The van der Waals surface area contributed by atoms with Crippen LogP contribution in [0.5, 0.6) is 0 Å². The fraction of sp³-hybridized carbons (Fsp3) is 0.667. The van der Waals surface area contributed by atoms with Gasteiger partial charge in [0.15, 0.2) is 0 Å². The molecular weight excluding hydrogens is 264 g/mol. The molecule has 0 aliphatic carbocycles. The minimum atomic E-state index is -0.555. The van der Waals surface area contributed by atoms with Crippen LogP contribution in [0.1, 0.15) is 19.3 Å². The fourth-order valence-corrected chi connectivity index (χ4v) is 2.37. The lowest BCUT2D eigenvalue weighted by atomic mass is 10.0. The molecule has 4 amide bonds. The summed E-state index contributed by atoms with van der Waals surface area (Å²) in [6.45, 7) is -0.0481. The maximum Gasteiger partial charge on any atom is 0.243 e. The lowest BCUT2D eigenvalue weighted by Crippen LogP contribution is -2.56. The Morgan fingerprint density at radius 3 is 2.25 bits per heavy atom. The average Bonchev–Trinajstić information content (AvgIpc) is 2.47. The Morgan fingerprint density at radius 2 is 1.50 bits per heavy atom. The highest BCUT2D eigenvalue weighted by Crippen LogP contribution is 2.17. The second kappa shape index (κ2) is 6.36. The summed E-state index contributed by atoms with van der Waals surface area (Å²) in [7, 11) is 0. The van der Waals surface area contributed by atoms with Gasteiger partial charge >= 0.3 is 0 Å². The van der Waals surface area contributed by atoms with E-state index < -0.39 is 17.9 Å². The predicted molar refractivity (Wildman–Crippen MR) is 68.4 cm³/mol. The number of nitrogens with zero attached hydrogens (tertiary/aromatic N) is 1. The fourth-order valence-electron chi connectivity index (χ4n) is 2.37. The van der Waals surface area contributed by atoms with Crippen LogP contribution < -0.4 is 16.0 Å². The van der Waals surface area contributed by atoms with Gasteiger partial charge in [-0.1, -0.05) is 0 Å². The third kappa shape index (κ3) is 3.46. The van der Waals surface area contributed by atoms with Crippen molar-refractivity contribution in [1.82, 2.24) is 20.9 Å². The topological polar surface area (TPSA) is 108 Å². The van der Waals surface area contributed by atoms with E-state index in [1.54, 1.807) is 0 Å². The standard InChI is InChI=1S/C12H18N4O4/c17-9-5-13-10(18)6-15-12(20)8-3-1-2-4-16(8)11(19)7-14-9/h8H,1-7H2,(H,13,18)(H,14,17)(H,15,20)/t8-/m1/s1. The molecule has 0 aromatic carbocycles. The van der Waals surface area contributed by atoms with Crippen molar-refractivity contribution in [3.63, 3.8) is 0 Å². The van der Waals surface area contributed by atoms with Gasteiger partial charge in [-0.3, -0.25) is 19.2 Å². The highest BCUT2D eigenvalue weighted by molar-refractivity contribution is 5.94. The van der Waals surface area contributed by atoms with Crippen LogP contribution in [0.4, 0.5) is 0 Å².